The first-order valence-corrected chi connectivity index (χ1v) is 8.90. The maximum Gasteiger partial charge on any atom is 0.262 e. The lowest BCUT2D eigenvalue weighted by Crippen LogP contribution is -2.20. The average Bonchev–Trinajstić information content (AvgIpc) is 2.50. The molecule has 0 saturated carbocycles. The number of rotatable bonds is 4. The van der Waals surface area contributed by atoms with Crippen molar-refractivity contribution < 1.29 is 9.53 Å². The van der Waals surface area contributed by atoms with Crippen LogP contribution in [0.5, 0.6) is 5.75 Å². The number of carbonyl (C=O) groups excluding carboxylic acids is 1. The van der Waals surface area contributed by atoms with Crippen LogP contribution in [0.3, 0.4) is 0 Å². The van der Waals surface area contributed by atoms with E-state index < -0.39 is 0 Å². The monoisotopic (exact) mass is 459 g/mol. The lowest BCUT2D eigenvalue weighted by Gasteiger charge is -2.13. The fourth-order valence-electron chi connectivity index (χ4n) is 2.06. The number of hydrogen-bond acceptors (Lipinski definition) is 2. The van der Waals surface area contributed by atoms with Crippen LogP contribution in [-0.4, -0.2) is 12.5 Å². The number of amides is 1. The zero-order chi connectivity index (χ0) is 17.1. The van der Waals surface area contributed by atoms with Gasteiger partial charge in [0, 0.05) is 9.50 Å². The third kappa shape index (κ3) is 4.49. The Labute approximate surface area is 157 Å². The fourth-order valence-corrected chi connectivity index (χ4v) is 3.34. The van der Waals surface area contributed by atoms with E-state index in [2.05, 4.69) is 37.2 Å². The van der Waals surface area contributed by atoms with E-state index in [-0.39, 0.29) is 12.5 Å². The number of anilines is 1. The van der Waals surface area contributed by atoms with Crippen molar-refractivity contribution in [2.24, 2.45) is 0 Å². The molecule has 2 aromatic rings. The van der Waals surface area contributed by atoms with E-state index in [0.29, 0.717) is 16.5 Å². The minimum atomic E-state index is -0.230. The van der Waals surface area contributed by atoms with Crippen molar-refractivity contribution >= 4 is 55.1 Å². The van der Waals surface area contributed by atoms with Crippen LogP contribution in [0.15, 0.2) is 33.2 Å². The highest BCUT2D eigenvalue weighted by Gasteiger charge is 2.13. The van der Waals surface area contributed by atoms with Gasteiger partial charge in [-0.05, 0) is 87.5 Å². The summed E-state index contributed by atoms with van der Waals surface area (Å²) in [5, 5.41) is 3.51. The van der Waals surface area contributed by atoms with Crippen LogP contribution in [0, 0.1) is 20.8 Å². The first-order chi connectivity index (χ1) is 10.8. The maximum atomic E-state index is 12.1. The second-order valence-corrected chi connectivity index (χ2v) is 7.29. The molecule has 0 heterocycles. The van der Waals surface area contributed by atoms with Crippen molar-refractivity contribution in [3.63, 3.8) is 0 Å². The highest BCUT2D eigenvalue weighted by molar-refractivity contribution is 9.11. The Morgan fingerprint density at radius 1 is 1.22 bits per heavy atom. The lowest BCUT2D eigenvalue weighted by atomic mass is 10.1. The third-order valence-electron chi connectivity index (χ3n) is 3.33. The van der Waals surface area contributed by atoms with Gasteiger partial charge in [-0.1, -0.05) is 17.7 Å². The van der Waals surface area contributed by atoms with Crippen LogP contribution in [-0.2, 0) is 4.79 Å². The van der Waals surface area contributed by atoms with Crippen molar-refractivity contribution in [1.82, 2.24) is 0 Å². The molecule has 23 heavy (non-hydrogen) atoms. The highest BCUT2D eigenvalue weighted by Crippen LogP contribution is 2.35. The van der Waals surface area contributed by atoms with Gasteiger partial charge in [0.25, 0.3) is 5.91 Å². The molecule has 122 valence electrons. The summed E-state index contributed by atoms with van der Waals surface area (Å²) >= 11 is 13.1. The number of ether oxygens (including phenoxy) is 1. The standard InChI is InChI=1S/C17H16Br2ClNO2/c1-9-4-5-13(12(18)6-9)21-15(22)8-23-14-7-10(2)17(20)11(3)16(14)19/h4-7H,8H2,1-3H3,(H,21,22). The van der Waals surface area contributed by atoms with Gasteiger partial charge in [0.15, 0.2) is 6.61 Å². The predicted molar refractivity (Wildman–Crippen MR) is 102 cm³/mol. The Balaban J connectivity index is 2.05. The van der Waals surface area contributed by atoms with Crippen molar-refractivity contribution in [2.75, 3.05) is 11.9 Å². The zero-order valence-corrected chi connectivity index (χ0v) is 16.9. The molecule has 0 saturated heterocycles. The zero-order valence-electron chi connectivity index (χ0n) is 13.0. The summed E-state index contributed by atoms with van der Waals surface area (Å²) in [6.45, 7) is 5.70. The molecule has 2 aromatic carbocycles. The van der Waals surface area contributed by atoms with Gasteiger partial charge in [-0.15, -0.1) is 0 Å². The molecule has 0 aromatic heterocycles. The Morgan fingerprint density at radius 2 is 1.91 bits per heavy atom. The van der Waals surface area contributed by atoms with Gasteiger partial charge in [0.1, 0.15) is 5.75 Å². The normalized spacial score (nSPS) is 10.5. The van der Waals surface area contributed by atoms with E-state index in [1.807, 2.05) is 45.0 Å². The first kappa shape index (κ1) is 18.3. The highest BCUT2D eigenvalue weighted by atomic mass is 79.9. The van der Waals surface area contributed by atoms with Gasteiger partial charge in [0.2, 0.25) is 0 Å². The molecule has 1 N–H and O–H groups in total. The van der Waals surface area contributed by atoms with E-state index in [0.717, 1.165) is 25.6 Å². The van der Waals surface area contributed by atoms with Gasteiger partial charge in [-0.2, -0.15) is 0 Å². The number of nitrogens with one attached hydrogen (secondary N) is 1. The number of aryl methyl sites for hydroxylation is 2. The third-order valence-corrected chi connectivity index (χ3v) is 5.55. The van der Waals surface area contributed by atoms with Crippen molar-refractivity contribution in [1.29, 1.82) is 0 Å². The quantitative estimate of drug-likeness (QED) is 0.624. The van der Waals surface area contributed by atoms with Crippen LogP contribution in [0.1, 0.15) is 16.7 Å². The molecule has 0 aliphatic heterocycles. The molecule has 0 radical (unpaired) electrons. The molecule has 0 aliphatic rings. The molecule has 0 bridgehead atoms. The van der Waals surface area contributed by atoms with Gasteiger partial charge in [-0.3, -0.25) is 4.79 Å². The fraction of sp³-hybridized carbons (Fsp3) is 0.235. The van der Waals surface area contributed by atoms with E-state index in [1.54, 1.807) is 0 Å². The topological polar surface area (TPSA) is 38.3 Å². The average molecular weight is 462 g/mol. The summed E-state index contributed by atoms with van der Waals surface area (Å²) in [4.78, 5) is 12.1. The Bertz CT molecular complexity index is 763. The van der Waals surface area contributed by atoms with E-state index in [4.69, 9.17) is 16.3 Å². The molecule has 0 spiro atoms. The number of benzene rings is 2. The summed E-state index contributed by atoms with van der Waals surface area (Å²) < 4.78 is 7.22. The minimum Gasteiger partial charge on any atom is -0.483 e. The molecular weight excluding hydrogens is 445 g/mol. The molecule has 2 rings (SSSR count). The Kier molecular flexibility index (Phi) is 6.12. The summed E-state index contributed by atoms with van der Waals surface area (Å²) in [5.74, 6) is 0.370. The first-order valence-electron chi connectivity index (χ1n) is 6.93. The largest absolute Gasteiger partial charge is 0.483 e. The van der Waals surface area contributed by atoms with Crippen LogP contribution in [0.2, 0.25) is 5.02 Å². The second kappa shape index (κ2) is 7.69. The van der Waals surface area contributed by atoms with Crippen LogP contribution < -0.4 is 10.1 Å². The van der Waals surface area contributed by atoms with Crippen LogP contribution in [0.25, 0.3) is 0 Å². The molecule has 1 amide bonds. The molecule has 0 aliphatic carbocycles. The molecule has 0 unspecified atom stereocenters. The molecule has 6 heteroatoms. The SMILES string of the molecule is Cc1ccc(NC(=O)COc2cc(C)c(Cl)c(C)c2Br)c(Br)c1. The molecule has 0 fully saturated rings. The van der Waals surface area contributed by atoms with Gasteiger partial charge >= 0.3 is 0 Å². The smallest absolute Gasteiger partial charge is 0.262 e. The predicted octanol–water partition coefficient (Wildman–Crippen LogP) is 5.81. The number of carbonyl (C=O) groups is 1. The van der Waals surface area contributed by atoms with Crippen molar-refractivity contribution in [2.45, 2.75) is 20.8 Å². The van der Waals surface area contributed by atoms with Gasteiger partial charge < -0.3 is 10.1 Å². The summed E-state index contributed by atoms with van der Waals surface area (Å²) in [6.07, 6.45) is 0. The summed E-state index contributed by atoms with van der Waals surface area (Å²) in [7, 11) is 0. The van der Waals surface area contributed by atoms with Gasteiger partial charge in [0.05, 0.1) is 10.2 Å². The summed E-state index contributed by atoms with van der Waals surface area (Å²) in [5.41, 5.74) is 3.63. The Morgan fingerprint density at radius 3 is 2.57 bits per heavy atom. The number of halogens is 3. The lowest BCUT2D eigenvalue weighted by molar-refractivity contribution is -0.118. The maximum absolute atomic E-state index is 12.1. The van der Waals surface area contributed by atoms with Crippen LogP contribution in [0.4, 0.5) is 5.69 Å². The Hall–Kier alpha value is -1.04. The van der Waals surface area contributed by atoms with Gasteiger partial charge in [-0.25, -0.2) is 0 Å². The minimum absolute atomic E-state index is 0.0839. The number of hydrogen-bond donors (Lipinski definition) is 1. The molecule has 0 atom stereocenters. The van der Waals surface area contributed by atoms with E-state index in [1.165, 1.54) is 0 Å². The van der Waals surface area contributed by atoms with Crippen molar-refractivity contribution in [3.05, 3.63) is 54.9 Å². The van der Waals surface area contributed by atoms with E-state index in [9.17, 15) is 4.79 Å². The summed E-state index contributed by atoms with van der Waals surface area (Å²) in [6, 6.07) is 7.54. The van der Waals surface area contributed by atoms with Crippen LogP contribution >= 0.6 is 43.5 Å². The molecule has 3 nitrogen and oxygen atoms in total. The van der Waals surface area contributed by atoms with Crippen molar-refractivity contribution in [3.8, 4) is 5.75 Å². The second-order valence-electron chi connectivity index (χ2n) is 5.26. The molecular formula is C17H16Br2ClNO2. The van der Waals surface area contributed by atoms with E-state index >= 15 is 0 Å².